The number of aromatic nitrogens is 2. The molecule has 0 amide bonds. The minimum atomic E-state index is 0.588. The van der Waals surface area contributed by atoms with Crippen molar-refractivity contribution >= 4 is 28.4 Å². The van der Waals surface area contributed by atoms with Gasteiger partial charge in [0.15, 0.2) is 0 Å². The van der Waals surface area contributed by atoms with Crippen LogP contribution >= 0.6 is 22.6 Å². The molecule has 1 fully saturated rings. The topological polar surface area (TPSA) is 41.0 Å². The van der Waals surface area contributed by atoms with E-state index in [0.717, 1.165) is 22.5 Å². The van der Waals surface area contributed by atoms with E-state index in [9.17, 15) is 0 Å². The Morgan fingerprint density at radius 1 is 1.60 bits per heavy atom. The Hall–Kier alpha value is -0.430. The maximum atomic E-state index is 4.35. The number of halogens is 1. The fourth-order valence-electron chi connectivity index (χ4n) is 1.94. The van der Waals surface area contributed by atoms with E-state index < -0.39 is 0 Å². The molecule has 0 bridgehead atoms. The fourth-order valence-corrected chi connectivity index (χ4v) is 2.59. The largest absolute Gasteiger partial charge is 0.354 e. The van der Waals surface area contributed by atoms with Crippen molar-refractivity contribution in [3.63, 3.8) is 0 Å². The summed E-state index contributed by atoms with van der Waals surface area (Å²) in [5, 5.41) is 3.34. The van der Waals surface area contributed by atoms with Crippen LogP contribution in [0.2, 0.25) is 0 Å². The minimum absolute atomic E-state index is 0.588. The van der Waals surface area contributed by atoms with Crippen molar-refractivity contribution in [1.29, 1.82) is 0 Å². The van der Waals surface area contributed by atoms with Gasteiger partial charge in [-0.05, 0) is 42.5 Å². The minimum Gasteiger partial charge on any atom is -0.354 e. The standard InChI is InChI=1S/C10H15IN4/c1-12-8-3-2-4-15(6-8)10-9(11)5-13-7-14-10/h5,7-8,12H,2-4,6H2,1H3. The molecule has 82 valence electrons. The van der Waals surface area contributed by atoms with Crippen LogP contribution < -0.4 is 10.2 Å². The molecule has 0 aliphatic carbocycles. The molecule has 1 saturated heterocycles. The lowest BCUT2D eigenvalue weighted by atomic mass is 10.1. The van der Waals surface area contributed by atoms with Gasteiger partial charge in [0.1, 0.15) is 12.1 Å². The molecule has 4 nitrogen and oxygen atoms in total. The summed E-state index contributed by atoms with van der Waals surface area (Å²) in [5.74, 6) is 1.07. The van der Waals surface area contributed by atoms with Crippen molar-refractivity contribution in [3.05, 3.63) is 16.1 Å². The van der Waals surface area contributed by atoms with Crippen LogP contribution in [0, 0.1) is 3.57 Å². The Labute approximate surface area is 104 Å². The fraction of sp³-hybridized carbons (Fsp3) is 0.600. The zero-order chi connectivity index (χ0) is 10.7. The molecular weight excluding hydrogens is 303 g/mol. The van der Waals surface area contributed by atoms with E-state index in [-0.39, 0.29) is 0 Å². The number of rotatable bonds is 2. The first kappa shape index (κ1) is 11.1. The Kier molecular flexibility index (Phi) is 3.74. The molecule has 0 aromatic carbocycles. The molecule has 0 spiro atoms. The van der Waals surface area contributed by atoms with Crippen LogP contribution in [0.5, 0.6) is 0 Å². The predicted octanol–water partition coefficient (Wildman–Crippen LogP) is 1.27. The highest BCUT2D eigenvalue weighted by Crippen LogP contribution is 2.21. The molecule has 5 heteroatoms. The predicted molar refractivity (Wildman–Crippen MR) is 69.0 cm³/mol. The lowest BCUT2D eigenvalue weighted by molar-refractivity contribution is 0.447. The zero-order valence-corrected chi connectivity index (χ0v) is 10.9. The summed E-state index contributed by atoms with van der Waals surface area (Å²) < 4.78 is 1.13. The second-order valence-electron chi connectivity index (χ2n) is 3.77. The van der Waals surface area contributed by atoms with Gasteiger partial charge in [-0.25, -0.2) is 9.97 Å². The average molecular weight is 318 g/mol. The monoisotopic (exact) mass is 318 g/mol. The molecule has 1 aromatic heterocycles. The van der Waals surface area contributed by atoms with Gasteiger partial charge in [-0.2, -0.15) is 0 Å². The van der Waals surface area contributed by atoms with Crippen molar-refractivity contribution in [2.45, 2.75) is 18.9 Å². The number of nitrogens with one attached hydrogen (secondary N) is 1. The van der Waals surface area contributed by atoms with E-state index in [0.29, 0.717) is 6.04 Å². The lowest BCUT2D eigenvalue weighted by Gasteiger charge is -2.33. The summed E-state index contributed by atoms with van der Waals surface area (Å²) >= 11 is 2.29. The van der Waals surface area contributed by atoms with Gasteiger partial charge in [-0.1, -0.05) is 0 Å². The van der Waals surface area contributed by atoms with E-state index in [2.05, 4.69) is 42.8 Å². The van der Waals surface area contributed by atoms with Gasteiger partial charge in [-0.15, -0.1) is 0 Å². The van der Waals surface area contributed by atoms with Crippen molar-refractivity contribution in [1.82, 2.24) is 15.3 Å². The molecule has 1 N–H and O–H groups in total. The molecule has 1 aliphatic heterocycles. The Morgan fingerprint density at radius 3 is 3.20 bits per heavy atom. The maximum Gasteiger partial charge on any atom is 0.145 e. The third-order valence-electron chi connectivity index (χ3n) is 2.78. The molecule has 1 atom stereocenters. The summed E-state index contributed by atoms with van der Waals surface area (Å²) in [5.41, 5.74) is 0. The van der Waals surface area contributed by atoms with E-state index in [4.69, 9.17) is 0 Å². The Morgan fingerprint density at radius 2 is 2.47 bits per heavy atom. The summed E-state index contributed by atoms with van der Waals surface area (Å²) in [7, 11) is 2.03. The molecule has 1 aromatic rings. The first-order chi connectivity index (χ1) is 7.31. The van der Waals surface area contributed by atoms with Gasteiger partial charge < -0.3 is 10.2 Å². The van der Waals surface area contributed by atoms with Crippen molar-refractivity contribution < 1.29 is 0 Å². The molecule has 15 heavy (non-hydrogen) atoms. The summed E-state index contributed by atoms with van der Waals surface area (Å²) in [6.07, 6.45) is 5.98. The maximum absolute atomic E-state index is 4.35. The van der Waals surface area contributed by atoms with Crippen LogP contribution in [-0.4, -0.2) is 36.1 Å². The number of anilines is 1. The van der Waals surface area contributed by atoms with Gasteiger partial charge in [0, 0.05) is 25.3 Å². The molecular formula is C10H15IN4. The van der Waals surface area contributed by atoms with Crippen molar-refractivity contribution in [2.24, 2.45) is 0 Å². The van der Waals surface area contributed by atoms with Crippen LogP contribution in [0.1, 0.15) is 12.8 Å². The first-order valence-corrected chi connectivity index (χ1v) is 6.27. The molecule has 2 rings (SSSR count). The normalized spacial score (nSPS) is 21.7. The van der Waals surface area contributed by atoms with E-state index in [1.807, 2.05) is 13.2 Å². The third kappa shape index (κ3) is 2.57. The lowest BCUT2D eigenvalue weighted by Crippen LogP contribution is -2.45. The molecule has 0 radical (unpaired) electrons. The quantitative estimate of drug-likeness (QED) is 0.834. The number of piperidine rings is 1. The van der Waals surface area contributed by atoms with E-state index >= 15 is 0 Å². The number of hydrogen-bond acceptors (Lipinski definition) is 4. The number of likely N-dealkylation sites (N-methyl/N-ethyl adjacent to an activating group) is 1. The van der Waals surface area contributed by atoms with Crippen molar-refractivity contribution in [2.75, 3.05) is 25.0 Å². The van der Waals surface area contributed by atoms with Crippen LogP contribution in [0.4, 0.5) is 5.82 Å². The third-order valence-corrected chi connectivity index (χ3v) is 3.54. The van der Waals surface area contributed by atoms with Gasteiger partial charge in [0.05, 0.1) is 3.57 Å². The summed E-state index contributed by atoms with van der Waals surface area (Å²) in [6.45, 7) is 2.15. The van der Waals surface area contributed by atoms with Crippen LogP contribution in [0.25, 0.3) is 0 Å². The van der Waals surface area contributed by atoms with Gasteiger partial charge in [0.2, 0.25) is 0 Å². The molecule has 0 saturated carbocycles. The Balaban J connectivity index is 2.13. The highest BCUT2D eigenvalue weighted by Gasteiger charge is 2.20. The molecule has 1 aliphatic rings. The summed E-state index contributed by atoms with van der Waals surface area (Å²) in [4.78, 5) is 10.7. The highest BCUT2D eigenvalue weighted by atomic mass is 127. The average Bonchev–Trinajstić information content (AvgIpc) is 2.30. The van der Waals surface area contributed by atoms with Crippen LogP contribution in [-0.2, 0) is 0 Å². The van der Waals surface area contributed by atoms with Gasteiger partial charge in [-0.3, -0.25) is 0 Å². The highest BCUT2D eigenvalue weighted by molar-refractivity contribution is 14.1. The number of nitrogens with zero attached hydrogens (tertiary/aromatic N) is 3. The van der Waals surface area contributed by atoms with Crippen LogP contribution in [0.15, 0.2) is 12.5 Å². The van der Waals surface area contributed by atoms with Crippen molar-refractivity contribution in [3.8, 4) is 0 Å². The van der Waals surface area contributed by atoms with Gasteiger partial charge in [0.25, 0.3) is 0 Å². The van der Waals surface area contributed by atoms with E-state index in [1.165, 1.54) is 12.8 Å². The Bertz CT molecular complexity index is 331. The van der Waals surface area contributed by atoms with Crippen LogP contribution in [0.3, 0.4) is 0 Å². The summed E-state index contributed by atoms with van der Waals surface area (Å²) in [6, 6.07) is 0.588. The molecule has 2 heterocycles. The second kappa shape index (κ2) is 5.07. The zero-order valence-electron chi connectivity index (χ0n) is 8.78. The van der Waals surface area contributed by atoms with Gasteiger partial charge >= 0.3 is 0 Å². The molecule has 1 unspecified atom stereocenters. The second-order valence-corrected chi connectivity index (χ2v) is 4.93. The first-order valence-electron chi connectivity index (χ1n) is 5.19. The van der Waals surface area contributed by atoms with E-state index in [1.54, 1.807) is 6.33 Å². The number of hydrogen-bond donors (Lipinski definition) is 1. The smallest absolute Gasteiger partial charge is 0.145 e. The SMILES string of the molecule is CNC1CCCN(c2ncncc2I)C1.